The Kier molecular flexibility index (Phi) is 5.24. The number of aromatic nitrogens is 1. The number of ether oxygens (including phenoxy) is 1. The zero-order valence-electron chi connectivity index (χ0n) is 15.9. The highest BCUT2D eigenvalue weighted by Gasteiger charge is 2.25. The van der Waals surface area contributed by atoms with Crippen molar-refractivity contribution < 1.29 is 9.53 Å². The van der Waals surface area contributed by atoms with Gasteiger partial charge in [-0.05, 0) is 36.4 Å². The van der Waals surface area contributed by atoms with Crippen molar-refractivity contribution in [2.75, 3.05) is 38.2 Å². The number of hydrogen-bond acceptors (Lipinski definition) is 5. The number of methoxy groups -OCH3 is 1. The molecule has 146 valence electrons. The van der Waals surface area contributed by atoms with E-state index in [4.69, 9.17) is 16.3 Å². The third-order valence-corrected chi connectivity index (χ3v) is 5.36. The number of amides is 1. The zero-order valence-corrected chi connectivity index (χ0v) is 16.7. The van der Waals surface area contributed by atoms with Gasteiger partial charge in [0, 0.05) is 48.3 Å². The van der Waals surface area contributed by atoms with E-state index < -0.39 is 0 Å². The number of nitriles is 1. The van der Waals surface area contributed by atoms with Crippen LogP contribution < -0.4 is 9.64 Å². The zero-order chi connectivity index (χ0) is 20.4. The molecule has 4 rings (SSSR count). The number of carbonyl (C=O) groups is 1. The average Bonchev–Trinajstić information content (AvgIpc) is 2.77. The lowest BCUT2D eigenvalue weighted by atomic mass is 10.1. The molecule has 0 radical (unpaired) electrons. The number of nitrogens with zero attached hydrogens (tertiary/aromatic N) is 4. The smallest absolute Gasteiger partial charge is 0.254 e. The van der Waals surface area contributed by atoms with Crippen LogP contribution in [-0.2, 0) is 0 Å². The quantitative estimate of drug-likeness (QED) is 0.662. The summed E-state index contributed by atoms with van der Waals surface area (Å²) in [5.41, 5.74) is 2.73. The Morgan fingerprint density at radius 1 is 1.17 bits per heavy atom. The van der Waals surface area contributed by atoms with Gasteiger partial charge in [0.25, 0.3) is 5.91 Å². The van der Waals surface area contributed by atoms with Crippen molar-refractivity contribution in [2.24, 2.45) is 0 Å². The van der Waals surface area contributed by atoms with Gasteiger partial charge >= 0.3 is 0 Å². The maximum Gasteiger partial charge on any atom is 0.254 e. The molecule has 0 aliphatic carbocycles. The number of anilines is 1. The minimum absolute atomic E-state index is 0.0216. The number of hydrogen-bond donors (Lipinski definition) is 0. The molecule has 0 unspecified atom stereocenters. The number of rotatable bonds is 3. The van der Waals surface area contributed by atoms with Crippen molar-refractivity contribution in [2.45, 2.75) is 0 Å². The summed E-state index contributed by atoms with van der Waals surface area (Å²) in [7, 11) is 1.58. The standard InChI is InChI=1S/C22H19ClN4O2/c1-29-18-4-2-3-15(11-18)22(28)27-9-7-26(8-10-27)21-16(13-24)14-25-20-6-5-17(23)12-19(20)21/h2-6,11-12,14H,7-10H2,1H3. The summed E-state index contributed by atoms with van der Waals surface area (Å²) >= 11 is 6.19. The second-order valence-electron chi connectivity index (χ2n) is 6.80. The second kappa shape index (κ2) is 7.98. The van der Waals surface area contributed by atoms with Gasteiger partial charge in [-0.15, -0.1) is 0 Å². The number of pyridine rings is 1. The summed E-state index contributed by atoms with van der Waals surface area (Å²) in [6, 6.07) is 14.9. The van der Waals surface area contributed by atoms with Gasteiger partial charge in [-0.1, -0.05) is 17.7 Å². The highest BCUT2D eigenvalue weighted by molar-refractivity contribution is 6.31. The molecule has 0 spiro atoms. The third kappa shape index (κ3) is 3.69. The lowest BCUT2D eigenvalue weighted by Crippen LogP contribution is -2.49. The Labute approximate surface area is 173 Å². The van der Waals surface area contributed by atoms with E-state index in [-0.39, 0.29) is 5.91 Å². The number of piperazine rings is 1. The van der Waals surface area contributed by atoms with E-state index in [2.05, 4.69) is 16.0 Å². The Bertz CT molecular complexity index is 1120. The summed E-state index contributed by atoms with van der Waals surface area (Å²) in [4.78, 5) is 21.2. The first-order valence-electron chi connectivity index (χ1n) is 9.27. The molecule has 1 amide bonds. The Balaban J connectivity index is 1.58. The van der Waals surface area contributed by atoms with Crippen LogP contribution in [0.2, 0.25) is 5.02 Å². The number of carbonyl (C=O) groups excluding carboxylic acids is 1. The minimum Gasteiger partial charge on any atom is -0.497 e. The van der Waals surface area contributed by atoms with Gasteiger partial charge in [0.05, 0.1) is 23.9 Å². The van der Waals surface area contributed by atoms with E-state index in [0.717, 1.165) is 16.6 Å². The molecule has 1 fully saturated rings. The number of fused-ring (bicyclic) bond motifs is 1. The van der Waals surface area contributed by atoms with Crippen LogP contribution >= 0.6 is 11.6 Å². The second-order valence-corrected chi connectivity index (χ2v) is 7.24. The average molecular weight is 407 g/mol. The maximum atomic E-state index is 12.9. The number of halogens is 1. The van der Waals surface area contributed by atoms with Crippen molar-refractivity contribution >= 4 is 34.1 Å². The lowest BCUT2D eigenvalue weighted by Gasteiger charge is -2.37. The molecule has 6 nitrogen and oxygen atoms in total. The summed E-state index contributed by atoms with van der Waals surface area (Å²) in [5, 5.41) is 11.0. The molecule has 1 aliphatic rings. The molecular formula is C22H19ClN4O2. The Morgan fingerprint density at radius 2 is 1.97 bits per heavy atom. The van der Waals surface area contributed by atoms with Crippen LogP contribution in [0.4, 0.5) is 5.69 Å². The molecule has 0 N–H and O–H groups in total. The molecule has 2 aromatic carbocycles. The predicted octanol–water partition coefficient (Wildman–Crippen LogP) is 3.73. The summed E-state index contributed by atoms with van der Waals surface area (Å²) in [6.07, 6.45) is 1.60. The van der Waals surface area contributed by atoms with Gasteiger partial charge in [-0.2, -0.15) is 5.26 Å². The molecular weight excluding hydrogens is 388 g/mol. The Hall–Kier alpha value is -3.30. The third-order valence-electron chi connectivity index (χ3n) is 5.12. The lowest BCUT2D eigenvalue weighted by molar-refractivity contribution is 0.0746. The maximum absolute atomic E-state index is 12.9. The summed E-state index contributed by atoms with van der Waals surface area (Å²) in [5.74, 6) is 0.639. The molecule has 0 atom stereocenters. The molecule has 0 saturated carbocycles. The van der Waals surface area contributed by atoms with Gasteiger partial charge in [0.1, 0.15) is 11.8 Å². The molecule has 7 heteroatoms. The SMILES string of the molecule is COc1cccc(C(=O)N2CCN(c3c(C#N)cnc4ccc(Cl)cc34)CC2)c1. The van der Waals surface area contributed by atoms with Gasteiger partial charge in [0.15, 0.2) is 0 Å². The van der Waals surface area contributed by atoms with E-state index in [1.165, 1.54) is 0 Å². The normalized spacial score (nSPS) is 14.0. The van der Waals surface area contributed by atoms with Gasteiger partial charge < -0.3 is 14.5 Å². The fourth-order valence-corrected chi connectivity index (χ4v) is 3.82. The monoisotopic (exact) mass is 406 g/mol. The molecule has 29 heavy (non-hydrogen) atoms. The summed E-state index contributed by atoms with van der Waals surface area (Å²) < 4.78 is 5.22. The predicted molar refractivity (Wildman–Crippen MR) is 113 cm³/mol. The number of benzene rings is 2. The minimum atomic E-state index is -0.0216. The topological polar surface area (TPSA) is 69.5 Å². The van der Waals surface area contributed by atoms with E-state index in [9.17, 15) is 10.1 Å². The molecule has 2 heterocycles. The first kappa shape index (κ1) is 19.0. The van der Waals surface area contributed by atoms with Crippen LogP contribution in [0.15, 0.2) is 48.7 Å². The van der Waals surface area contributed by atoms with Crippen LogP contribution in [0.1, 0.15) is 15.9 Å². The first-order chi connectivity index (χ1) is 14.1. The van der Waals surface area contributed by atoms with Gasteiger partial charge in [-0.3, -0.25) is 9.78 Å². The van der Waals surface area contributed by atoms with Crippen molar-refractivity contribution in [1.82, 2.24) is 9.88 Å². The van der Waals surface area contributed by atoms with Crippen LogP contribution in [-0.4, -0.2) is 49.1 Å². The van der Waals surface area contributed by atoms with Crippen molar-refractivity contribution in [3.63, 3.8) is 0 Å². The summed E-state index contributed by atoms with van der Waals surface area (Å²) in [6.45, 7) is 2.36. The van der Waals surface area contributed by atoms with E-state index in [0.29, 0.717) is 48.1 Å². The highest BCUT2D eigenvalue weighted by atomic mass is 35.5. The highest BCUT2D eigenvalue weighted by Crippen LogP contribution is 2.32. The van der Waals surface area contributed by atoms with Gasteiger partial charge in [-0.25, -0.2) is 0 Å². The fraction of sp³-hybridized carbons (Fsp3) is 0.227. The molecule has 1 aromatic heterocycles. The van der Waals surface area contributed by atoms with Crippen LogP contribution in [0, 0.1) is 11.3 Å². The molecule has 0 bridgehead atoms. The largest absolute Gasteiger partial charge is 0.497 e. The molecule has 1 aliphatic heterocycles. The van der Waals surface area contributed by atoms with Crippen molar-refractivity contribution in [3.8, 4) is 11.8 Å². The van der Waals surface area contributed by atoms with E-state index >= 15 is 0 Å². The van der Waals surface area contributed by atoms with Crippen molar-refractivity contribution in [1.29, 1.82) is 5.26 Å². The first-order valence-corrected chi connectivity index (χ1v) is 9.65. The van der Waals surface area contributed by atoms with E-state index in [1.807, 2.05) is 29.2 Å². The van der Waals surface area contributed by atoms with Crippen LogP contribution in [0.5, 0.6) is 5.75 Å². The van der Waals surface area contributed by atoms with Gasteiger partial charge in [0.2, 0.25) is 0 Å². The van der Waals surface area contributed by atoms with Crippen LogP contribution in [0.25, 0.3) is 10.9 Å². The fourth-order valence-electron chi connectivity index (χ4n) is 3.65. The molecule has 1 saturated heterocycles. The van der Waals surface area contributed by atoms with E-state index in [1.54, 1.807) is 31.5 Å². The molecule has 3 aromatic rings. The van der Waals surface area contributed by atoms with Crippen molar-refractivity contribution in [3.05, 3.63) is 64.8 Å². The van der Waals surface area contributed by atoms with Crippen LogP contribution in [0.3, 0.4) is 0 Å². The Morgan fingerprint density at radius 3 is 2.69 bits per heavy atom.